The Labute approximate surface area is 164 Å². The number of aromatic nitrogens is 2. The molecule has 4 rings (SSSR count). The third kappa shape index (κ3) is 4.08. The van der Waals surface area contributed by atoms with E-state index in [-0.39, 0.29) is 17.7 Å². The largest absolute Gasteiger partial charge is 0.423 e. The van der Waals surface area contributed by atoms with Crippen LogP contribution < -0.4 is 0 Å². The summed E-state index contributed by atoms with van der Waals surface area (Å²) in [6, 6.07) is 7.21. The summed E-state index contributed by atoms with van der Waals surface area (Å²) in [6.45, 7) is 3.05. The maximum absolute atomic E-state index is 12.8. The highest BCUT2D eigenvalue weighted by atomic mass is 16.4. The fraction of sp³-hybridized carbons (Fsp3) is 0.524. The van der Waals surface area contributed by atoms with Gasteiger partial charge in [-0.25, -0.2) is 0 Å². The van der Waals surface area contributed by atoms with E-state index in [1.165, 1.54) is 19.2 Å². The Morgan fingerprint density at radius 1 is 0.893 bits per heavy atom. The second-order valence-electron chi connectivity index (χ2n) is 7.63. The summed E-state index contributed by atoms with van der Waals surface area (Å²) < 4.78 is 5.17. The normalized spacial score (nSPS) is 18.7. The minimum absolute atomic E-state index is 0.0118. The van der Waals surface area contributed by atoms with Crippen molar-refractivity contribution in [3.63, 3.8) is 0 Å². The van der Waals surface area contributed by atoms with Crippen molar-refractivity contribution >= 4 is 11.8 Å². The van der Waals surface area contributed by atoms with Gasteiger partial charge in [0.25, 0.3) is 5.91 Å². The van der Waals surface area contributed by atoms with E-state index in [9.17, 15) is 9.59 Å². The predicted octanol–water partition coefficient (Wildman–Crippen LogP) is 2.99. The number of hydrogen-bond acceptors (Lipinski definition) is 5. The average molecular weight is 382 g/mol. The van der Waals surface area contributed by atoms with Crippen LogP contribution in [0.3, 0.4) is 0 Å². The lowest BCUT2D eigenvalue weighted by molar-refractivity contribution is -0.136. The lowest BCUT2D eigenvalue weighted by Gasteiger charge is -2.34. The van der Waals surface area contributed by atoms with Crippen LogP contribution >= 0.6 is 0 Å². The highest BCUT2D eigenvalue weighted by Gasteiger charge is 2.30. The molecule has 0 N–H and O–H groups in total. The monoisotopic (exact) mass is 382 g/mol. The van der Waals surface area contributed by atoms with Crippen molar-refractivity contribution in [3.05, 3.63) is 36.2 Å². The zero-order valence-electron chi connectivity index (χ0n) is 16.0. The van der Waals surface area contributed by atoms with Crippen molar-refractivity contribution in [2.75, 3.05) is 26.2 Å². The third-order valence-corrected chi connectivity index (χ3v) is 5.79. The van der Waals surface area contributed by atoms with E-state index in [0.717, 1.165) is 44.3 Å². The molecule has 7 heteroatoms. The first-order valence-corrected chi connectivity index (χ1v) is 10.2. The van der Waals surface area contributed by atoms with E-state index in [4.69, 9.17) is 4.42 Å². The van der Waals surface area contributed by atoms with E-state index in [0.29, 0.717) is 24.5 Å². The van der Waals surface area contributed by atoms with Gasteiger partial charge in [-0.3, -0.25) is 9.59 Å². The lowest BCUT2D eigenvalue weighted by atomic mass is 9.94. The molecule has 7 nitrogen and oxygen atoms in total. The van der Waals surface area contributed by atoms with Gasteiger partial charge >= 0.3 is 0 Å². The molecule has 0 saturated carbocycles. The van der Waals surface area contributed by atoms with Crippen molar-refractivity contribution < 1.29 is 14.0 Å². The molecule has 2 fully saturated rings. The van der Waals surface area contributed by atoms with Crippen LogP contribution in [-0.2, 0) is 4.79 Å². The summed E-state index contributed by atoms with van der Waals surface area (Å²) in [4.78, 5) is 29.5. The van der Waals surface area contributed by atoms with Crippen LogP contribution in [0.4, 0.5) is 0 Å². The number of nitrogens with zero attached hydrogens (tertiary/aromatic N) is 4. The third-order valence-electron chi connectivity index (χ3n) is 5.79. The van der Waals surface area contributed by atoms with Gasteiger partial charge in [0, 0.05) is 43.2 Å². The number of benzene rings is 1. The number of carbonyl (C=O) groups is 2. The molecule has 2 aliphatic rings. The van der Waals surface area contributed by atoms with Gasteiger partial charge in [-0.1, -0.05) is 12.8 Å². The van der Waals surface area contributed by atoms with Gasteiger partial charge in [0.15, 0.2) is 0 Å². The molecule has 0 spiro atoms. The first-order chi connectivity index (χ1) is 13.7. The second kappa shape index (κ2) is 8.54. The first-order valence-electron chi connectivity index (χ1n) is 10.2. The zero-order valence-corrected chi connectivity index (χ0v) is 16.0. The van der Waals surface area contributed by atoms with Gasteiger partial charge in [0.2, 0.25) is 18.2 Å². The van der Waals surface area contributed by atoms with E-state index >= 15 is 0 Å². The van der Waals surface area contributed by atoms with Gasteiger partial charge in [0.05, 0.1) is 0 Å². The Bertz CT molecular complexity index is 788. The minimum atomic E-state index is 0.0118. The standard InChI is InChI=1S/C21H26N4O3/c26-20(17-7-5-16(6-8-17)19-23-22-15-28-19)25-13-9-18(10-14-25)21(27)24-11-3-1-2-4-12-24/h5-8,15,18H,1-4,9-14H2. The van der Waals surface area contributed by atoms with Gasteiger partial charge < -0.3 is 14.2 Å². The fourth-order valence-electron chi connectivity index (χ4n) is 4.12. The molecule has 1 aromatic heterocycles. The molecule has 2 aliphatic heterocycles. The molecule has 3 heterocycles. The molecule has 148 valence electrons. The Morgan fingerprint density at radius 2 is 1.57 bits per heavy atom. The van der Waals surface area contributed by atoms with Gasteiger partial charge in [-0.2, -0.15) is 0 Å². The quantitative estimate of drug-likeness (QED) is 0.815. The summed E-state index contributed by atoms with van der Waals surface area (Å²) >= 11 is 0. The molecule has 2 amide bonds. The second-order valence-corrected chi connectivity index (χ2v) is 7.63. The highest BCUT2D eigenvalue weighted by molar-refractivity contribution is 5.94. The molecule has 0 bridgehead atoms. The Balaban J connectivity index is 1.33. The molecule has 0 radical (unpaired) electrons. The van der Waals surface area contributed by atoms with Gasteiger partial charge in [-0.05, 0) is 49.9 Å². The predicted molar refractivity (Wildman–Crippen MR) is 103 cm³/mol. The van der Waals surface area contributed by atoms with E-state index in [2.05, 4.69) is 10.2 Å². The highest BCUT2D eigenvalue weighted by Crippen LogP contribution is 2.24. The van der Waals surface area contributed by atoms with Crippen molar-refractivity contribution in [1.29, 1.82) is 0 Å². The van der Waals surface area contributed by atoms with E-state index < -0.39 is 0 Å². The number of rotatable bonds is 3. The maximum atomic E-state index is 12.8. The van der Waals surface area contributed by atoms with Gasteiger partial charge in [-0.15, -0.1) is 10.2 Å². The first kappa shape index (κ1) is 18.7. The summed E-state index contributed by atoms with van der Waals surface area (Å²) in [5, 5.41) is 7.54. The van der Waals surface area contributed by atoms with Crippen molar-refractivity contribution in [2.45, 2.75) is 38.5 Å². The molecule has 28 heavy (non-hydrogen) atoms. The van der Waals surface area contributed by atoms with E-state index in [1.807, 2.05) is 21.9 Å². The van der Waals surface area contributed by atoms with Crippen LogP contribution in [0.15, 0.2) is 35.1 Å². The van der Waals surface area contributed by atoms with Crippen LogP contribution in [0.5, 0.6) is 0 Å². The number of carbonyl (C=O) groups excluding carboxylic acids is 2. The Hall–Kier alpha value is -2.70. The number of hydrogen-bond donors (Lipinski definition) is 0. The SMILES string of the molecule is O=C(c1ccc(-c2nnco2)cc1)N1CCC(C(=O)N2CCCCCC2)CC1. The van der Waals surface area contributed by atoms with Crippen LogP contribution in [0, 0.1) is 5.92 Å². The molecular formula is C21H26N4O3. The Morgan fingerprint density at radius 3 is 2.18 bits per heavy atom. The molecule has 1 aromatic carbocycles. The molecule has 2 saturated heterocycles. The summed E-state index contributed by atoms with van der Waals surface area (Å²) in [6.07, 6.45) is 7.46. The summed E-state index contributed by atoms with van der Waals surface area (Å²) in [5.74, 6) is 0.796. The topological polar surface area (TPSA) is 79.5 Å². The smallest absolute Gasteiger partial charge is 0.253 e. The fourth-order valence-corrected chi connectivity index (χ4v) is 4.12. The van der Waals surface area contributed by atoms with Crippen molar-refractivity contribution in [3.8, 4) is 11.5 Å². The van der Waals surface area contributed by atoms with Crippen LogP contribution in [0.2, 0.25) is 0 Å². The number of amides is 2. The minimum Gasteiger partial charge on any atom is -0.423 e. The molecule has 0 unspecified atom stereocenters. The summed E-state index contributed by atoms with van der Waals surface area (Å²) in [5.41, 5.74) is 1.43. The molecule has 0 atom stereocenters. The number of likely N-dealkylation sites (tertiary alicyclic amines) is 2. The van der Waals surface area contributed by atoms with Crippen LogP contribution in [-0.4, -0.2) is 58.0 Å². The zero-order chi connectivity index (χ0) is 19.3. The molecule has 0 aliphatic carbocycles. The van der Waals surface area contributed by atoms with Crippen LogP contribution in [0.1, 0.15) is 48.9 Å². The lowest BCUT2D eigenvalue weighted by Crippen LogP contribution is -2.44. The molecular weight excluding hydrogens is 356 g/mol. The molecule has 2 aromatic rings. The number of piperidine rings is 1. The Kier molecular flexibility index (Phi) is 5.69. The summed E-state index contributed by atoms with van der Waals surface area (Å²) in [7, 11) is 0. The van der Waals surface area contributed by atoms with E-state index in [1.54, 1.807) is 12.1 Å². The van der Waals surface area contributed by atoms with Crippen molar-refractivity contribution in [2.24, 2.45) is 5.92 Å². The van der Waals surface area contributed by atoms with Crippen LogP contribution in [0.25, 0.3) is 11.5 Å². The van der Waals surface area contributed by atoms with Crippen molar-refractivity contribution in [1.82, 2.24) is 20.0 Å². The maximum Gasteiger partial charge on any atom is 0.253 e. The average Bonchev–Trinajstić information content (AvgIpc) is 3.15. The van der Waals surface area contributed by atoms with Gasteiger partial charge in [0.1, 0.15) is 0 Å².